The largest absolute Gasteiger partial charge is 0.484 e. The maximum atomic E-state index is 12.7. The number of hydrogen-bond acceptors (Lipinski definition) is 6. The molecular formula is C23H24N2O4. The summed E-state index contributed by atoms with van der Waals surface area (Å²) in [6.07, 6.45) is 0.162. The van der Waals surface area contributed by atoms with Gasteiger partial charge in [0.15, 0.2) is 11.4 Å². The standard InChI is InChI=1S/C23H24N2O4/c1-3-28-23(26)20-22(29-15-16-9-5-4-6-10-16)21(25-13-17(14-25)27-2)18-11-7-8-12-19(18)24-20/h4-12,17H,3,13-15H2,1-2H3. The van der Waals surface area contributed by atoms with Crippen molar-refractivity contribution in [1.29, 1.82) is 0 Å². The molecule has 1 aromatic heterocycles. The van der Waals surface area contributed by atoms with Crippen LogP contribution in [0.3, 0.4) is 0 Å². The van der Waals surface area contributed by atoms with Crippen LogP contribution in [0.15, 0.2) is 54.6 Å². The van der Waals surface area contributed by atoms with Crippen LogP contribution >= 0.6 is 0 Å². The van der Waals surface area contributed by atoms with E-state index in [1.807, 2.05) is 54.6 Å². The number of fused-ring (bicyclic) bond motifs is 1. The lowest BCUT2D eigenvalue weighted by atomic mass is 10.0. The van der Waals surface area contributed by atoms with Gasteiger partial charge in [-0.05, 0) is 18.6 Å². The summed E-state index contributed by atoms with van der Waals surface area (Å²) in [4.78, 5) is 19.5. The maximum Gasteiger partial charge on any atom is 0.360 e. The van der Waals surface area contributed by atoms with Crippen LogP contribution in [0.1, 0.15) is 23.0 Å². The number of carbonyl (C=O) groups excluding carboxylic acids is 1. The first-order chi connectivity index (χ1) is 14.2. The average Bonchev–Trinajstić information content (AvgIpc) is 2.72. The smallest absolute Gasteiger partial charge is 0.360 e. The summed E-state index contributed by atoms with van der Waals surface area (Å²) < 4.78 is 16.9. The molecule has 3 aromatic rings. The molecule has 1 fully saturated rings. The molecule has 0 radical (unpaired) electrons. The Morgan fingerprint density at radius 3 is 2.55 bits per heavy atom. The Hall–Kier alpha value is -3.12. The number of para-hydroxylation sites is 1. The molecule has 2 aromatic carbocycles. The number of esters is 1. The highest BCUT2D eigenvalue weighted by Gasteiger charge is 2.33. The van der Waals surface area contributed by atoms with Gasteiger partial charge in [-0.25, -0.2) is 9.78 Å². The van der Waals surface area contributed by atoms with Crippen LogP contribution in [-0.4, -0.2) is 43.9 Å². The second-order valence-electron chi connectivity index (χ2n) is 6.91. The fourth-order valence-corrected chi connectivity index (χ4v) is 3.47. The highest BCUT2D eigenvalue weighted by molar-refractivity contribution is 6.03. The predicted molar refractivity (Wildman–Crippen MR) is 111 cm³/mol. The molecule has 29 heavy (non-hydrogen) atoms. The number of anilines is 1. The van der Waals surface area contributed by atoms with Crippen molar-refractivity contribution in [2.75, 3.05) is 31.7 Å². The summed E-state index contributed by atoms with van der Waals surface area (Å²) in [5.74, 6) is -0.0214. The maximum absolute atomic E-state index is 12.7. The molecule has 0 spiro atoms. The van der Waals surface area contributed by atoms with Gasteiger partial charge in [-0.1, -0.05) is 48.5 Å². The van der Waals surface area contributed by atoms with Gasteiger partial charge in [0.2, 0.25) is 0 Å². The molecule has 0 unspecified atom stereocenters. The van der Waals surface area contributed by atoms with Crippen LogP contribution in [0, 0.1) is 0 Å². The summed E-state index contributed by atoms with van der Waals surface area (Å²) >= 11 is 0. The number of rotatable bonds is 7. The number of nitrogens with zero attached hydrogens (tertiary/aromatic N) is 2. The van der Waals surface area contributed by atoms with Crippen LogP contribution in [-0.2, 0) is 16.1 Å². The van der Waals surface area contributed by atoms with Crippen molar-refractivity contribution < 1.29 is 19.0 Å². The fraction of sp³-hybridized carbons (Fsp3) is 0.304. The molecule has 0 bridgehead atoms. The Bertz CT molecular complexity index is 1000. The van der Waals surface area contributed by atoms with E-state index in [9.17, 15) is 4.79 Å². The van der Waals surface area contributed by atoms with Gasteiger partial charge in [0.25, 0.3) is 0 Å². The molecule has 6 heteroatoms. The number of pyridine rings is 1. The third-order valence-corrected chi connectivity index (χ3v) is 5.01. The van der Waals surface area contributed by atoms with Gasteiger partial charge in [-0.3, -0.25) is 0 Å². The average molecular weight is 392 g/mol. The zero-order valence-electron chi connectivity index (χ0n) is 16.6. The predicted octanol–water partition coefficient (Wildman–Crippen LogP) is 3.83. The quantitative estimate of drug-likeness (QED) is 0.570. The normalized spacial score (nSPS) is 13.9. The number of ether oxygens (including phenoxy) is 3. The lowest BCUT2D eigenvalue weighted by Gasteiger charge is -2.41. The fourth-order valence-electron chi connectivity index (χ4n) is 3.47. The number of hydrogen-bond donors (Lipinski definition) is 0. The Morgan fingerprint density at radius 2 is 1.83 bits per heavy atom. The third-order valence-electron chi connectivity index (χ3n) is 5.01. The van der Waals surface area contributed by atoms with Crippen LogP contribution in [0.2, 0.25) is 0 Å². The molecular weight excluding hydrogens is 368 g/mol. The van der Waals surface area contributed by atoms with Crippen LogP contribution in [0.5, 0.6) is 5.75 Å². The first kappa shape index (κ1) is 19.2. The van der Waals surface area contributed by atoms with Gasteiger partial charge in [0, 0.05) is 25.6 Å². The molecule has 0 N–H and O–H groups in total. The van der Waals surface area contributed by atoms with Crippen molar-refractivity contribution in [2.45, 2.75) is 19.6 Å². The topological polar surface area (TPSA) is 60.9 Å². The van der Waals surface area contributed by atoms with Crippen LogP contribution < -0.4 is 9.64 Å². The zero-order chi connectivity index (χ0) is 20.2. The van der Waals surface area contributed by atoms with E-state index >= 15 is 0 Å². The molecule has 0 aliphatic carbocycles. The van der Waals surface area contributed by atoms with Crippen molar-refractivity contribution in [1.82, 2.24) is 4.98 Å². The van der Waals surface area contributed by atoms with E-state index in [-0.39, 0.29) is 18.4 Å². The molecule has 1 saturated heterocycles. The summed E-state index contributed by atoms with van der Waals surface area (Å²) in [6.45, 7) is 3.85. The van der Waals surface area contributed by atoms with E-state index in [1.54, 1.807) is 14.0 Å². The Morgan fingerprint density at radius 1 is 1.10 bits per heavy atom. The van der Waals surface area contributed by atoms with Crippen molar-refractivity contribution in [3.8, 4) is 5.75 Å². The van der Waals surface area contributed by atoms with E-state index in [2.05, 4.69) is 9.88 Å². The van der Waals surface area contributed by atoms with Crippen molar-refractivity contribution in [3.05, 3.63) is 65.9 Å². The summed E-state index contributed by atoms with van der Waals surface area (Å²) in [7, 11) is 1.71. The van der Waals surface area contributed by atoms with Gasteiger partial charge in [0.05, 0.1) is 23.9 Å². The SMILES string of the molecule is CCOC(=O)c1nc2ccccc2c(N2CC(OC)C2)c1OCc1ccccc1. The van der Waals surface area contributed by atoms with Gasteiger partial charge in [-0.2, -0.15) is 0 Å². The Balaban J connectivity index is 1.81. The second-order valence-corrected chi connectivity index (χ2v) is 6.91. The Kier molecular flexibility index (Phi) is 5.62. The van der Waals surface area contributed by atoms with Gasteiger partial charge in [0.1, 0.15) is 6.61 Å². The van der Waals surface area contributed by atoms with E-state index in [1.165, 1.54) is 0 Å². The Labute approximate surface area is 170 Å². The van der Waals surface area contributed by atoms with Crippen LogP contribution in [0.25, 0.3) is 10.9 Å². The van der Waals surface area contributed by atoms with E-state index in [0.717, 1.165) is 35.2 Å². The van der Waals surface area contributed by atoms with Crippen molar-refractivity contribution >= 4 is 22.6 Å². The molecule has 1 aliphatic rings. The highest BCUT2D eigenvalue weighted by atomic mass is 16.5. The molecule has 150 valence electrons. The molecule has 0 amide bonds. The third kappa shape index (κ3) is 3.89. The van der Waals surface area contributed by atoms with Gasteiger partial charge in [-0.15, -0.1) is 0 Å². The highest BCUT2D eigenvalue weighted by Crippen LogP contribution is 2.41. The summed E-state index contributed by atoms with van der Waals surface area (Å²) in [5.41, 5.74) is 2.82. The van der Waals surface area contributed by atoms with E-state index in [4.69, 9.17) is 14.2 Å². The molecule has 1 aliphatic heterocycles. The lowest BCUT2D eigenvalue weighted by Crippen LogP contribution is -2.52. The van der Waals surface area contributed by atoms with Crippen molar-refractivity contribution in [2.24, 2.45) is 0 Å². The first-order valence-corrected chi connectivity index (χ1v) is 9.75. The zero-order valence-corrected chi connectivity index (χ0v) is 16.6. The van der Waals surface area contributed by atoms with E-state index < -0.39 is 5.97 Å². The first-order valence-electron chi connectivity index (χ1n) is 9.75. The second kappa shape index (κ2) is 8.49. The molecule has 0 atom stereocenters. The molecule has 6 nitrogen and oxygen atoms in total. The van der Waals surface area contributed by atoms with Crippen molar-refractivity contribution in [3.63, 3.8) is 0 Å². The monoisotopic (exact) mass is 392 g/mol. The number of aromatic nitrogens is 1. The molecule has 0 saturated carbocycles. The van der Waals surface area contributed by atoms with Crippen LogP contribution in [0.4, 0.5) is 5.69 Å². The van der Waals surface area contributed by atoms with Gasteiger partial charge < -0.3 is 19.1 Å². The number of methoxy groups -OCH3 is 1. The lowest BCUT2D eigenvalue weighted by molar-refractivity contribution is 0.0514. The molecule has 2 heterocycles. The summed E-state index contributed by atoms with van der Waals surface area (Å²) in [6, 6.07) is 17.6. The van der Waals surface area contributed by atoms with Gasteiger partial charge >= 0.3 is 5.97 Å². The molecule has 4 rings (SSSR count). The minimum Gasteiger partial charge on any atom is -0.484 e. The summed E-state index contributed by atoms with van der Waals surface area (Å²) in [5, 5.41) is 0.943. The number of carbonyl (C=O) groups is 1. The minimum absolute atomic E-state index is 0.162. The van der Waals surface area contributed by atoms with E-state index in [0.29, 0.717) is 12.4 Å². The number of benzene rings is 2. The minimum atomic E-state index is -0.480.